The summed E-state index contributed by atoms with van der Waals surface area (Å²) in [5, 5.41) is 0. The lowest BCUT2D eigenvalue weighted by molar-refractivity contribution is 0.359. The normalized spacial score (nSPS) is 13.4. The van der Waals surface area contributed by atoms with Crippen LogP contribution in [0.3, 0.4) is 0 Å². The van der Waals surface area contributed by atoms with Gasteiger partial charge in [0.2, 0.25) is 0 Å². The Kier molecular flexibility index (Phi) is 3.64. The van der Waals surface area contributed by atoms with Crippen molar-refractivity contribution in [1.82, 2.24) is 14.5 Å². The van der Waals surface area contributed by atoms with Crippen molar-refractivity contribution < 1.29 is 0 Å². The standard InChI is InChI=1S/C13H19N3S/c1-10(8-9-15(2)3)16-12-7-5-4-6-11(12)14-13(16)17/h4-7,10H,8-9H2,1-3H3,(H,14,17). The molecule has 1 aromatic heterocycles. The van der Waals surface area contributed by atoms with Crippen molar-refractivity contribution in [2.75, 3.05) is 20.6 Å². The second kappa shape index (κ2) is 5.02. The van der Waals surface area contributed by atoms with Crippen molar-refractivity contribution >= 4 is 23.3 Å². The van der Waals surface area contributed by atoms with Crippen molar-refractivity contribution in [3.05, 3.63) is 29.0 Å². The number of H-pyrrole nitrogens is 1. The van der Waals surface area contributed by atoms with Crippen LogP contribution in [-0.2, 0) is 0 Å². The molecule has 0 radical (unpaired) electrons. The van der Waals surface area contributed by atoms with Crippen LogP contribution in [-0.4, -0.2) is 35.1 Å². The van der Waals surface area contributed by atoms with Crippen LogP contribution in [0.25, 0.3) is 11.0 Å². The summed E-state index contributed by atoms with van der Waals surface area (Å²) in [7, 11) is 4.20. The minimum absolute atomic E-state index is 0.418. The molecule has 2 rings (SSSR count). The summed E-state index contributed by atoms with van der Waals surface area (Å²) in [6, 6.07) is 8.69. The third-order valence-corrected chi connectivity index (χ3v) is 3.36. The second-order valence-electron chi connectivity index (χ2n) is 4.76. The number of fused-ring (bicyclic) bond motifs is 1. The number of hydrogen-bond acceptors (Lipinski definition) is 2. The van der Waals surface area contributed by atoms with E-state index in [4.69, 9.17) is 12.2 Å². The summed E-state index contributed by atoms with van der Waals surface area (Å²) < 4.78 is 3.03. The smallest absolute Gasteiger partial charge is 0.178 e. The molecule has 0 bridgehead atoms. The van der Waals surface area contributed by atoms with Gasteiger partial charge in [-0.2, -0.15) is 0 Å². The first kappa shape index (κ1) is 12.3. The first-order valence-corrected chi connectivity index (χ1v) is 6.34. The van der Waals surface area contributed by atoms with Crippen molar-refractivity contribution in [1.29, 1.82) is 0 Å². The Hall–Kier alpha value is -1.13. The zero-order chi connectivity index (χ0) is 12.4. The maximum atomic E-state index is 5.40. The Morgan fingerprint density at radius 1 is 1.35 bits per heavy atom. The van der Waals surface area contributed by atoms with Gasteiger partial charge in [-0.3, -0.25) is 0 Å². The lowest BCUT2D eigenvalue weighted by Gasteiger charge is -2.17. The van der Waals surface area contributed by atoms with Gasteiger partial charge >= 0.3 is 0 Å². The highest BCUT2D eigenvalue weighted by Gasteiger charge is 2.10. The predicted octanol–water partition coefficient (Wildman–Crippen LogP) is 3.21. The van der Waals surface area contributed by atoms with E-state index in [-0.39, 0.29) is 0 Å². The van der Waals surface area contributed by atoms with E-state index in [1.54, 1.807) is 0 Å². The van der Waals surface area contributed by atoms with Gasteiger partial charge in [0, 0.05) is 6.04 Å². The van der Waals surface area contributed by atoms with Gasteiger partial charge < -0.3 is 14.5 Å². The van der Waals surface area contributed by atoms with Gasteiger partial charge in [0.1, 0.15) is 0 Å². The molecule has 1 aromatic carbocycles. The second-order valence-corrected chi connectivity index (χ2v) is 5.14. The molecule has 17 heavy (non-hydrogen) atoms. The van der Waals surface area contributed by atoms with Crippen LogP contribution in [0.1, 0.15) is 19.4 Å². The maximum absolute atomic E-state index is 5.40. The van der Waals surface area contributed by atoms with Crippen LogP contribution < -0.4 is 0 Å². The third kappa shape index (κ3) is 2.58. The number of nitrogens with zero attached hydrogens (tertiary/aromatic N) is 2. The lowest BCUT2D eigenvalue weighted by atomic mass is 10.2. The Balaban J connectivity index is 2.34. The van der Waals surface area contributed by atoms with Crippen molar-refractivity contribution in [3.8, 4) is 0 Å². The average molecular weight is 249 g/mol. The fourth-order valence-corrected chi connectivity index (χ4v) is 2.47. The number of para-hydroxylation sites is 2. The Morgan fingerprint density at radius 2 is 2.06 bits per heavy atom. The first-order chi connectivity index (χ1) is 8.09. The van der Waals surface area contributed by atoms with E-state index in [0.29, 0.717) is 6.04 Å². The third-order valence-electron chi connectivity index (χ3n) is 3.06. The molecule has 1 atom stereocenters. The topological polar surface area (TPSA) is 24.0 Å². The quantitative estimate of drug-likeness (QED) is 0.841. The molecule has 1 N–H and O–H groups in total. The summed E-state index contributed by atoms with van der Waals surface area (Å²) in [5.41, 5.74) is 2.32. The summed E-state index contributed by atoms with van der Waals surface area (Å²) in [5.74, 6) is 0. The van der Waals surface area contributed by atoms with E-state index in [1.807, 2.05) is 6.07 Å². The van der Waals surface area contributed by atoms with Crippen molar-refractivity contribution in [2.24, 2.45) is 0 Å². The minimum Gasteiger partial charge on any atom is -0.331 e. The summed E-state index contributed by atoms with van der Waals surface area (Å²) in [6.45, 7) is 3.29. The molecule has 3 nitrogen and oxygen atoms in total. The summed E-state index contributed by atoms with van der Waals surface area (Å²) >= 11 is 5.40. The van der Waals surface area contributed by atoms with Gasteiger partial charge in [-0.1, -0.05) is 12.1 Å². The first-order valence-electron chi connectivity index (χ1n) is 5.93. The Morgan fingerprint density at radius 3 is 2.76 bits per heavy atom. The van der Waals surface area contributed by atoms with Crippen LogP contribution in [0.4, 0.5) is 0 Å². The molecule has 4 heteroatoms. The molecule has 2 aromatic rings. The van der Waals surface area contributed by atoms with Gasteiger partial charge in [0.05, 0.1) is 11.0 Å². The van der Waals surface area contributed by atoms with Crippen LogP contribution >= 0.6 is 12.2 Å². The van der Waals surface area contributed by atoms with E-state index in [2.05, 4.69) is 53.7 Å². The molecule has 0 aliphatic heterocycles. The van der Waals surface area contributed by atoms with E-state index in [9.17, 15) is 0 Å². The number of aromatic nitrogens is 2. The molecule has 0 amide bonds. The zero-order valence-electron chi connectivity index (χ0n) is 10.6. The number of hydrogen-bond donors (Lipinski definition) is 1. The molecular formula is C13H19N3S. The minimum atomic E-state index is 0.418. The predicted molar refractivity (Wildman–Crippen MR) is 75.0 cm³/mol. The fourth-order valence-electron chi connectivity index (χ4n) is 2.09. The molecule has 0 spiro atoms. The highest BCUT2D eigenvalue weighted by molar-refractivity contribution is 7.71. The Labute approximate surface area is 107 Å². The molecule has 0 aliphatic rings. The number of imidazole rings is 1. The fraction of sp³-hybridized carbons (Fsp3) is 0.462. The van der Waals surface area contributed by atoms with Gasteiger partial charge in [0.15, 0.2) is 4.77 Å². The molecule has 92 valence electrons. The molecular weight excluding hydrogens is 230 g/mol. The SMILES string of the molecule is CC(CCN(C)C)n1c(=S)[nH]c2ccccc21. The van der Waals surface area contributed by atoms with Gasteiger partial charge in [-0.05, 0) is 58.3 Å². The van der Waals surface area contributed by atoms with Crippen LogP contribution in [0.5, 0.6) is 0 Å². The van der Waals surface area contributed by atoms with E-state index in [1.165, 1.54) is 5.52 Å². The van der Waals surface area contributed by atoms with Gasteiger partial charge in [0.25, 0.3) is 0 Å². The van der Waals surface area contributed by atoms with Crippen LogP contribution in [0.15, 0.2) is 24.3 Å². The highest BCUT2D eigenvalue weighted by Crippen LogP contribution is 2.20. The van der Waals surface area contributed by atoms with Crippen molar-refractivity contribution in [2.45, 2.75) is 19.4 Å². The zero-order valence-corrected chi connectivity index (χ0v) is 11.4. The van der Waals surface area contributed by atoms with Crippen molar-refractivity contribution in [3.63, 3.8) is 0 Å². The molecule has 0 saturated heterocycles. The number of rotatable bonds is 4. The maximum Gasteiger partial charge on any atom is 0.178 e. The molecule has 0 aliphatic carbocycles. The highest BCUT2D eigenvalue weighted by atomic mass is 32.1. The van der Waals surface area contributed by atoms with Crippen LogP contribution in [0.2, 0.25) is 0 Å². The monoisotopic (exact) mass is 249 g/mol. The van der Waals surface area contributed by atoms with E-state index >= 15 is 0 Å². The Bertz CT molecular complexity index is 553. The summed E-state index contributed by atoms with van der Waals surface area (Å²) in [4.78, 5) is 5.46. The number of aromatic amines is 1. The lowest BCUT2D eigenvalue weighted by Crippen LogP contribution is -2.17. The number of nitrogens with one attached hydrogen (secondary N) is 1. The molecule has 0 fully saturated rings. The molecule has 1 unspecified atom stereocenters. The summed E-state index contributed by atoms with van der Waals surface area (Å²) in [6.07, 6.45) is 1.10. The largest absolute Gasteiger partial charge is 0.331 e. The van der Waals surface area contributed by atoms with Gasteiger partial charge in [-0.15, -0.1) is 0 Å². The molecule has 0 saturated carbocycles. The number of benzene rings is 1. The van der Waals surface area contributed by atoms with Crippen LogP contribution in [0, 0.1) is 4.77 Å². The van der Waals surface area contributed by atoms with E-state index in [0.717, 1.165) is 23.3 Å². The van der Waals surface area contributed by atoms with E-state index < -0.39 is 0 Å². The van der Waals surface area contributed by atoms with Gasteiger partial charge in [-0.25, -0.2) is 0 Å². The average Bonchev–Trinajstić information content (AvgIpc) is 2.61. The molecule has 1 heterocycles.